The lowest BCUT2D eigenvalue weighted by Gasteiger charge is -2.13. The number of rotatable bonds is 3. The fourth-order valence-corrected chi connectivity index (χ4v) is 3.91. The molecule has 1 aliphatic rings. The molecule has 2 rings (SSSR count). The van der Waals surface area contributed by atoms with E-state index in [-0.39, 0.29) is 0 Å². The first-order chi connectivity index (χ1) is 8.64. The number of hydrogen-bond donors (Lipinski definition) is 0. The fourth-order valence-electron chi connectivity index (χ4n) is 2.22. The number of benzene rings is 1. The van der Waals surface area contributed by atoms with Crippen molar-refractivity contribution in [2.75, 3.05) is 7.11 Å². The number of hydrogen-bond acceptors (Lipinski definition) is 3. The van der Waals surface area contributed by atoms with Gasteiger partial charge < -0.3 is 4.74 Å². The van der Waals surface area contributed by atoms with E-state index in [0.717, 1.165) is 25.0 Å². The van der Waals surface area contributed by atoms with E-state index in [9.17, 15) is 8.42 Å². The summed E-state index contributed by atoms with van der Waals surface area (Å²) >= 11 is 0. The van der Waals surface area contributed by atoms with Gasteiger partial charge in [-0.1, -0.05) is 24.6 Å². The van der Waals surface area contributed by atoms with Gasteiger partial charge in [0.2, 0.25) is 0 Å². The zero-order valence-electron chi connectivity index (χ0n) is 10.5. The SMILES string of the molecule is COC1=CC(S(=O)(=O)c2ccccc2)CCCC1. The van der Waals surface area contributed by atoms with Gasteiger partial charge in [-0.05, 0) is 31.1 Å². The van der Waals surface area contributed by atoms with Crippen molar-refractivity contribution >= 4 is 9.84 Å². The van der Waals surface area contributed by atoms with E-state index in [1.54, 1.807) is 37.5 Å². The van der Waals surface area contributed by atoms with Crippen LogP contribution in [0.15, 0.2) is 47.1 Å². The average Bonchev–Trinajstić information content (AvgIpc) is 2.65. The Kier molecular flexibility index (Phi) is 4.07. The second-order valence-electron chi connectivity index (χ2n) is 4.48. The molecule has 0 aromatic heterocycles. The molecule has 0 spiro atoms. The summed E-state index contributed by atoms with van der Waals surface area (Å²) in [6.45, 7) is 0. The summed E-state index contributed by atoms with van der Waals surface area (Å²) in [5, 5.41) is -0.461. The molecule has 1 unspecified atom stereocenters. The van der Waals surface area contributed by atoms with Gasteiger partial charge in [-0.3, -0.25) is 0 Å². The Morgan fingerprint density at radius 2 is 1.89 bits per heavy atom. The van der Waals surface area contributed by atoms with Crippen LogP contribution < -0.4 is 0 Å². The molecule has 0 bridgehead atoms. The van der Waals surface area contributed by atoms with Crippen LogP contribution in [0.1, 0.15) is 25.7 Å². The van der Waals surface area contributed by atoms with Gasteiger partial charge in [-0.15, -0.1) is 0 Å². The predicted octanol–water partition coefficient (Wildman–Crippen LogP) is 2.93. The topological polar surface area (TPSA) is 43.4 Å². The molecular weight excluding hydrogens is 248 g/mol. The maximum Gasteiger partial charge on any atom is 0.184 e. The largest absolute Gasteiger partial charge is 0.501 e. The molecule has 1 aliphatic carbocycles. The zero-order valence-corrected chi connectivity index (χ0v) is 11.3. The van der Waals surface area contributed by atoms with Gasteiger partial charge in [0, 0.05) is 6.42 Å². The van der Waals surface area contributed by atoms with Crippen LogP contribution >= 0.6 is 0 Å². The van der Waals surface area contributed by atoms with Crippen LogP contribution in [-0.2, 0) is 14.6 Å². The highest BCUT2D eigenvalue weighted by Gasteiger charge is 2.27. The van der Waals surface area contributed by atoms with E-state index < -0.39 is 15.1 Å². The summed E-state index contributed by atoms with van der Waals surface area (Å²) in [4.78, 5) is 0.392. The lowest BCUT2D eigenvalue weighted by Crippen LogP contribution is -2.19. The number of allylic oxidation sites excluding steroid dienone is 1. The summed E-state index contributed by atoms with van der Waals surface area (Å²) in [5.74, 6) is 0.789. The lowest BCUT2D eigenvalue weighted by molar-refractivity contribution is 0.275. The van der Waals surface area contributed by atoms with E-state index >= 15 is 0 Å². The second kappa shape index (κ2) is 5.57. The van der Waals surface area contributed by atoms with Crippen molar-refractivity contribution in [3.05, 3.63) is 42.2 Å². The molecule has 0 amide bonds. The molecule has 0 heterocycles. The molecule has 0 saturated heterocycles. The monoisotopic (exact) mass is 266 g/mol. The molecule has 3 nitrogen and oxygen atoms in total. The first-order valence-electron chi connectivity index (χ1n) is 6.18. The Labute approximate surface area is 108 Å². The Balaban J connectivity index is 2.35. The Morgan fingerprint density at radius 1 is 1.17 bits per heavy atom. The molecule has 0 saturated carbocycles. The van der Waals surface area contributed by atoms with E-state index in [4.69, 9.17) is 4.74 Å². The second-order valence-corrected chi connectivity index (χ2v) is 6.65. The van der Waals surface area contributed by atoms with Gasteiger partial charge in [0.05, 0.1) is 23.0 Å². The van der Waals surface area contributed by atoms with E-state index in [0.29, 0.717) is 11.3 Å². The lowest BCUT2D eigenvalue weighted by atomic mass is 10.2. The van der Waals surface area contributed by atoms with Crippen molar-refractivity contribution in [1.82, 2.24) is 0 Å². The van der Waals surface area contributed by atoms with Crippen molar-refractivity contribution in [3.63, 3.8) is 0 Å². The van der Waals surface area contributed by atoms with Gasteiger partial charge in [0.15, 0.2) is 9.84 Å². The van der Waals surface area contributed by atoms with Crippen molar-refractivity contribution in [3.8, 4) is 0 Å². The van der Waals surface area contributed by atoms with Gasteiger partial charge in [0.25, 0.3) is 0 Å². The minimum atomic E-state index is -3.28. The third-order valence-corrected chi connectivity index (χ3v) is 5.36. The first-order valence-corrected chi connectivity index (χ1v) is 7.73. The van der Waals surface area contributed by atoms with Crippen LogP contribution in [0, 0.1) is 0 Å². The summed E-state index contributed by atoms with van der Waals surface area (Å²) in [5.41, 5.74) is 0. The van der Waals surface area contributed by atoms with Crippen LogP contribution in [0.5, 0.6) is 0 Å². The van der Waals surface area contributed by atoms with Gasteiger partial charge in [-0.25, -0.2) is 8.42 Å². The Morgan fingerprint density at radius 3 is 2.56 bits per heavy atom. The molecule has 0 fully saturated rings. The number of methoxy groups -OCH3 is 1. The minimum Gasteiger partial charge on any atom is -0.501 e. The quantitative estimate of drug-likeness (QED) is 0.845. The molecule has 98 valence electrons. The molecule has 0 radical (unpaired) electrons. The fraction of sp³-hybridized carbons (Fsp3) is 0.429. The van der Waals surface area contributed by atoms with Crippen molar-refractivity contribution < 1.29 is 13.2 Å². The Hall–Kier alpha value is -1.29. The standard InChI is InChI=1S/C14H18O3S/c1-17-12-7-5-6-10-14(11-12)18(15,16)13-8-3-2-4-9-13/h2-4,8-9,11,14H,5-7,10H2,1H3. The minimum absolute atomic E-state index is 0.392. The molecule has 0 N–H and O–H groups in total. The van der Waals surface area contributed by atoms with Crippen LogP contribution in [-0.4, -0.2) is 20.8 Å². The predicted molar refractivity (Wildman–Crippen MR) is 71.0 cm³/mol. The van der Waals surface area contributed by atoms with Crippen molar-refractivity contribution in [1.29, 1.82) is 0 Å². The average molecular weight is 266 g/mol. The highest BCUT2D eigenvalue weighted by Crippen LogP contribution is 2.26. The van der Waals surface area contributed by atoms with Crippen LogP contribution in [0.25, 0.3) is 0 Å². The highest BCUT2D eigenvalue weighted by molar-refractivity contribution is 7.92. The first kappa shape index (κ1) is 13.1. The van der Waals surface area contributed by atoms with Crippen molar-refractivity contribution in [2.24, 2.45) is 0 Å². The third kappa shape index (κ3) is 2.75. The molecule has 1 atom stereocenters. The van der Waals surface area contributed by atoms with Gasteiger partial charge >= 0.3 is 0 Å². The maximum atomic E-state index is 12.5. The van der Waals surface area contributed by atoms with E-state index in [1.165, 1.54) is 0 Å². The normalized spacial score (nSPS) is 20.9. The molecule has 0 aliphatic heterocycles. The van der Waals surface area contributed by atoms with Crippen LogP contribution in [0.3, 0.4) is 0 Å². The van der Waals surface area contributed by atoms with Gasteiger partial charge in [0.1, 0.15) is 0 Å². The Bertz CT molecular complexity index is 517. The van der Waals surface area contributed by atoms with E-state index in [1.807, 2.05) is 6.07 Å². The number of sulfone groups is 1. The summed E-state index contributed by atoms with van der Waals surface area (Å²) in [6.07, 6.45) is 5.18. The molecule has 1 aromatic rings. The molecular formula is C14H18O3S. The summed E-state index contributed by atoms with van der Waals surface area (Å²) in [7, 11) is -1.68. The molecule has 1 aromatic carbocycles. The van der Waals surface area contributed by atoms with Crippen LogP contribution in [0.4, 0.5) is 0 Å². The maximum absolute atomic E-state index is 12.5. The zero-order chi connectivity index (χ0) is 13.0. The molecule has 18 heavy (non-hydrogen) atoms. The van der Waals surface area contributed by atoms with Crippen molar-refractivity contribution in [2.45, 2.75) is 35.8 Å². The number of ether oxygens (including phenoxy) is 1. The smallest absolute Gasteiger partial charge is 0.184 e. The highest BCUT2D eigenvalue weighted by atomic mass is 32.2. The van der Waals surface area contributed by atoms with Gasteiger partial charge in [-0.2, -0.15) is 0 Å². The third-order valence-electron chi connectivity index (χ3n) is 3.27. The summed E-state index contributed by atoms with van der Waals surface area (Å²) < 4.78 is 30.2. The summed E-state index contributed by atoms with van der Waals surface area (Å²) in [6, 6.07) is 8.64. The van der Waals surface area contributed by atoms with E-state index in [2.05, 4.69) is 0 Å². The van der Waals surface area contributed by atoms with Crippen LogP contribution in [0.2, 0.25) is 0 Å². The molecule has 4 heteroatoms.